The molecule has 12 heteroatoms. The van der Waals surface area contributed by atoms with Crippen LogP contribution in [0.2, 0.25) is 0 Å². The van der Waals surface area contributed by atoms with Crippen LogP contribution in [0.1, 0.15) is 53.1 Å². The smallest absolute Gasteiger partial charge is 0.475 e. The van der Waals surface area contributed by atoms with Gasteiger partial charge in [0.2, 0.25) is 5.91 Å². The molecular formula is C28H34F3N3O6. The van der Waals surface area contributed by atoms with Gasteiger partial charge in [0.15, 0.2) is 6.10 Å². The van der Waals surface area contributed by atoms with E-state index in [-0.39, 0.29) is 0 Å². The number of hydrogen-bond donors (Lipinski definition) is 4. The standard InChI is InChI=1S/C26H33N3O4.C2HF3O2/c27-25(32)20-8-4-7-19(13-20)21-14-22-9-10-23(15-21)29(22)12-11-28(26(33)24(31)17-30)16-18-5-2-1-3-6-18;3-2(4,5)1(6)7/h1-8,13,21-24,30-31H,9-12,14-17H2,(H2,27,32);(H,6,7)/t21?,22-,23+,24-;/m1./s1. The molecule has 0 aliphatic carbocycles. The normalized spacial score (nSPS) is 21.2. The zero-order valence-corrected chi connectivity index (χ0v) is 21.8. The summed E-state index contributed by atoms with van der Waals surface area (Å²) < 4.78 is 31.7. The Balaban J connectivity index is 0.000000559. The second kappa shape index (κ2) is 13.7. The summed E-state index contributed by atoms with van der Waals surface area (Å²) in [5.74, 6) is -3.19. The van der Waals surface area contributed by atoms with E-state index in [9.17, 15) is 33.0 Å². The van der Waals surface area contributed by atoms with Crippen LogP contribution in [0.15, 0.2) is 54.6 Å². The van der Waals surface area contributed by atoms with E-state index in [2.05, 4.69) is 11.0 Å². The van der Waals surface area contributed by atoms with E-state index in [1.54, 1.807) is 11.0 Å². The van der Waals surface area contributed by atoms with Crippen LogP contribution < -0.4 is 5.73 Å². The van der Waals surface area contributed by atoms with Crippen LogP contribution in [-0.2, 0) is 16.1 Å². The minimum atomic E-state index is -5.08. The molecule has 2 aliphatic rings. The molecule has 2 aromatic rings. The molecule has 2 heterocycles. The fraction of sp³-hybridized carbons (Fsp3) is 0.464. The average Bonchev–Trinajstić information content (AvgIpc) is 3.16. The number of aliphatic hydroxyl groups is 2. The number of halogens is 3. The highest BCUT2D eigenvalue weighted by molar-refractivity contribution is 5.92. The molecule has 0 spiro atoms. The number of benzene rings is 2. The molecule has 9 nitrogen and oxygen atoms in total. The van der Waals surface area contributed by atoms with Crippen LogP contribution in [0.4, 0.5) is 13.2 Å². The SMILES string of the molecule is NC(=O)c1cccc(C2C[C@H]3CC[C@@H](C2)N3CCN(Cc2ccccc2)C(=O)[C@H](O)CO)c1.O=C(O)C(F)(F)F. The van der Waals surface area contributed by atoms with Crippen LogP contribution in [0.5, 0.6) is 0 Å². The van der Waals surface area contributed by atoms with Gasteiger partial charge in [-0.3, -0.25) is 14.5 Å². The predicted octanol–water partition coefficient (Wildman–Crippen LogP) is 2.51. The number of primary amides is 1. The van der Waals surface area contributed by atoms with Gasteiger partial charge in [-0.1, -0.05) is 42.5 Å². The third-order valence-corrected chi connectivity index (χ3v) is 7.38. The Hall–Kier alpha value is -3.48. The number of piperidine rings is 1. The first-order valence-electron chi connectivity index (χ1n) is 13.0. The molecule has 2 aliphatic heterocycles. The number of carbonyl (C=O) groups excluding carboxylic acids is 2. The maximum Gasteiger partial charge on any atom is 0.490 e. The Kier molecular flexibility index (Phi) is 10.7. The van der Waals surface area contributed by atoms with Crippen molar-refractivity contribution in [3.05, 3.63) is 71.3 Å². The molecule has 2 amide bonds. The number of carboxylic acid groups (broad SMARTS) is 1. The third-order valence-electron chi connectivity index (χ3n) is 7.38. The molecule has 0 aromatic heterocycles. The number of fused-ring (bicyclic) bond motifs is 2. The number of carbonyl (C=O) groups is 3. The van der Waals surface area contributed by atoms with Crippen molar-refractivity contribution in [2.24, 2.45) is 5.73 Å². The number of aliphatic carboxylic acids is 1. The lowest BCUT2D eigenvalue weighted by Gasteiger charge is -2.40. The van der Waals surface area contributed by atoms with Crippen LogP contribution in [0.3, 0.4) is 0 Å². The summed E-state index contributed by atoms with van der Waals surface area (Å²) in [6, 6.07) is 18.3. The van der Waals surface area contributed by atoms with E-state index in [1.807, 2.05) is 42.5 Å². The monoisotopic (exact) mass is 565 g/mol. The Morgan fingerprint density at radius 1 is 1.02 bits per heavy atom. The summed E-state index contributed by atoms with van der Waals surface area (Å²) in [5.41, 5.74) is 8.19. The average molecular weight is 566 g/mol. The lowest BCUT2D eigenvalue weighted by molar-refractivity contribution is -0.192. The zero-order chi connectivity index (χ0) is 29.4. The van der Waals surface area contributed by atoms with Gasteiger partial charge >= 0.3 is 12.1 Å². The predicted molar refractivity (Wildman–Crippen MR) is 139 cm³/mol. The minimum absolute atomic E-state index is 0.398. The summed E-state index contributed by atoms with van der Waals surface area (Å²) in [5, 5.41) is 26.4. The highest BCUT2D eigenvalue weighted by atomic mass is 19.4. The van der Waals surface area contributed by atoms with Crippen molar-refractivity contribution in [2.75, 3.05) is 19.7 Å². The number of hydrogen-bond acceptors (Lipinski definition) is 6. The van der Waals surface area contributed by atoms with Crippen LogP contribution in [0, 0.1) is 0 Å². The van der Waals surface area contributed by atoms with Crippen molar-refractivity contribution in [1.82, 2.24) is 9.80 Å². The zero-order valence-electron chi connectivity index (χ0n) is 21.8. The quantitative estimate of drug-likeness (QED) is 0.366. The lowest BCUT2D eigenvalue weighted by Crippen LogP contribution is -2.48. The molecule has 2 saturated heterocycles. The minimum Gasteiger partial charge on any atom is -0.475 e. The number of carboxylic acids is 1. The fourth-order valence-electron chi connectivity index (χ4n) is 5.45. The highest BCUT2D eigenvalue weighted by Gasteiger charge is 2.41. The third kappa shape index (κ3) is 8.26. The van der Waals surface area contributed by atoms with Crippen molar-refractivity contribution in [3.8, 4) is 0 Å². The Morgan fingerprint density at radius 2 is 1.62 bits per heavy atom. The molecule has 4 atom stereocenters. The molecule has 2 bridgehead atoms. The number of amides is 2. The van der Waals surface area contributed by atoms with E-state index in [1.165, 1.54) is 5.56 Å². The topological polar surface area (TPSA) is 144 Å². The number of alkyl halides is 3. The van der Waals surface area contributed by atoms with Gasteiger partial charge in [0.25, 0.3) is 5.91 Å². The molecule has 2 aromatic carbocycles. The summed E-state index contributed by atoms with van der Waals surface area (Å²) in [7, 11) is 0. The first-order valence-corrected chi connectivity index (χ1v) is 13.0. The van der Waals surface area contributed by atoms with Crippen molar-refractivity contribution in [2.45, 2.75) is 62.5 Å². The van der Waals surface area contributed by atoms with Crippen LogP contribution >= 0.6 is 0 Å². The summed E-state index contributed by atoms with van der Waals surface area (Å²) in [6.45, 7) is 1.06. The number of nitrogens with zero attached hydrogens (tertiary/aromatic N) is 2. The van der Waals surface area contributed by atoms with Crippen molar-refractivity contribution < 1.29 is 42.9 Å². The molecule has 2 fully saturated rings. The van der Waals surface area contributed by atoms with Gasteiger partial charge in [0.05, 0.1) is 6.61 Å². The largest absolute Gasteiger partial charge is 0.490 e. The van der Waals surface area contributed by atoms with Gasteiger partial charge in [-0.2, -0.15) is 13.2 Å². The summed E-state index contributed by atoms with van der Waals surface area (Å²) in [4.78, 5) is 37.3. The molecule has 40 heavy (non-hydrogen) atoms. The maximum absolute atomic E-state index is 12.7. The van der Waals surface area contributed by atoms with Crippen molar-refractivity contribution in [1.29, 1.82) is 0 Å². The van der Waals surface area contributed by atoms with E-state index >= 15 is 0 Å². The molecule has 0 radical (unpaired) electrons. The van der Waals surface area contributed by atoms with Gasteiger partial charge in [-0.25, -0.2) is 4.79 Å². The second-order valence-corrected chi connectivity index (χ2v) is 10.0. The van der Waals surface area contributed by atoms with Crippen molar-refractivity contribution >= 4 is 17.8 Å². The van der Waals surface area contributed by atoms with Gasteiger partial charge in [0, 0.05) is 37.3 Å². The van der Waals surface area contributed by atoms with E-state index in [4.69, 9.17) is 15.6 Å². The van der Waals surface area contributed by atoms with E-state index in [0.717, 1.165) is 37.8 Å². The van der Waals surface area contributed by atoms with Gasteiger partial charge in [0.1, 0.15) is 0 Å². The summed E-state index contributed by atoms with van der Waals surface area (Å²) in [6.07, 6.45) is -2.19. The Labute approximate surface area is 230 Å². The van der Waals surface area contributed by atoms with Gasteiger partial charge in [-0.15, -0.1) is 0 Å². The Morgan fingerprint density at radius 3 is 2.15 bits per heavy atom. The number of rotatable bonds is 9. The van der Waals surface area contributed by atoms with Gasteiger partial charge in [-0.05, 0) is 54.9 Å². The van der Waals surface area contributed by atoms with Crippen LogP contribution in [-0.4, -0.2) is 87.0 Å². The molecular weight excluding hydrogens is 531 g/mol. The maximum atomic E-state index is 12.7. The molecule has 5 N–H and O–H groups in total. The van der Waals surface area contributed by atoms with Crippen molar-refractivity contribution in [3.63, 3.8) is 0 Å². The molecule has 4 rings (SSSR count). The molecule has 218 valence electrons. The lowest BCUT2D eigenvalue weighted by atomic mass is 9.84. The molecule has 1 unspecified atom stereocenters. The van der Waals surface area contributed by atoms with E-state index in [0.29, 0.717) is 36.7 Å². The number of aliphatic hydroxyl groups excluding tert-OH is 2. The second-order valence-electron chi connectivity index (χ2n) is 10.0. The highest BCUT2D eigenvalue weighted by Crippen LogP contribution is 2.43. The van der Waals surface area contributed by atoms with Crippen LogP contribution in [0.25, 0.3) is 0 Å². The fourth-order valence-corrected chi connectivity index (χ4v) is 5.45. The van der Waals surface area contributed by atoms with E-state index < -0.39 is 36.7 Å². The Bertz CT molecular complexity index is 1150. The number of nitrogens with two attached hydrogens (primary N) is 1. The first-order chi connectivity index (χ1) is 18.9. The summed E-state index contributed by atoms with van der Waals surface area (Å²) >= 11 is 0. The first kappa shape index (κ1) is 31.1. The van der Waals surface area contributed by atoms with Gasteiger partial charge < -0.3 is 26.0 Å². The molecule has 0 saturated carbocycles.